The summed E-state index contributed by atoms with van der Waals surface area (Å²) in [5, 5.41) is 6.69. The zero-order chi connectivity index (χ0) is 13.8. The lowest BCUT2D eigenvalue weighted by molar-refractivity contribution is -0.0415. The molecule has 2 atom stereocenters. The molecule has 3 rings (SSSR count). The van der Waals surface area contributed by atoms with Crippen LogP contribution in [0.15, 0.2) is 18.3 Å². The molecule has 110 valence electrons. The van der Waals surface area contributed by atoms with Gasteiger partial charge in [-0.3, -0.25) is 4.90 Å². The molecular weight excluding hydrogens is 252 g/mol. The second kappa shape index (κ2) is 6.41. The maximum atomic E-state index is 5.96. The van der Waals surface area contributed by atoms with E-state index in [1.54, 1.807) is 0 Å². The van der Waals surface area contributed by atoms with E-state index in [2.05, 4.69) is 27.4 Å². The third-order valence-electron chi connectivity index (χ3n) is 4.11. The summed E-state index contributed by atoms with van der Waals surface area (Å²) in [6.45, 7) is 7.01. The average molecular weight is 276 g/mol. The van der Waals surface area contributed by atoms with Crippen LogP contribution in [0.25, 0.3) is 0 Å². The lowest BCUT2D eigenvalue weighted by Crippen LogP contribution is -2.48. The van der Waals surface area contributed by atoms with Gasteiger partial charge in [0.05, 0.1) is 12.7 Å². The van der Waals surface area contributed by atoms with Crippen molar-refractivity contribution < 1.29 is 4.74 Å². The van der Waals surface area contributed by atoms with Crippen LogP contribution < -0.4 is 10.6 Å². The number of hydrogen-bond donors (Lipinski definition) is 2. The summed E-state index contributed by atoms with van der Waals surface area (Å²) < 4.78 is 5.96. The van der Waals surface area contributed by atoms with E-state index in [1.165, 1.54) is 19.4 Å². The van der Waals surface area contributed by atoms with Crippen molar-refractivity contribution in [3.05, 3.63) is 18.3 Å². The van der Waals surface area contributed by atoms with Crippen molar-refractivity contribution in [3.63, 3.8) is 0 Å². The third-order valence-corrected chi connectivity index (χ3v) is 4.11. The minimum Gasteiger partial charge on any atom is -0.382 e. The first-order valence-corrected chi connectivity index (χ1v) is 7.64. The molecule has 0 spiro atoms. The Morgan fingerprint density at radius 2 is 2.40 bits per heavy atom. The highest BCUT2D eigenvalue weighted by Gasteiger charge is 2.31. The molecule has 2 N–H and O–H groups in total. The number of hydrogen-bond acceptors (Lipinski definition) is 5. The summed E-state index contributed by atoms with van der Waals surface area (Å²) in [5.74, 6) is 0.918. The van der Waals surface area contributed by atoms with Crippen LogP contribution in [-0.2, 0) is 4.74 Å². The van der Waals surface area contributed by atoms with Gasteiger partial charge in [-0.25, -0.2) is 4.98 Å². The molecule has 0 aromatic carbocycles. The summed E-state index contributed by atoms with van der Waals surface area (Å²) >= 11 is 0. The second-order valence-electron chi connectivity index (χ2n) is 5.59. The molecule has 5 nitrogen and oxygen atoms in total. The van der Waals surface area contributed by atoms with E-state index in [4.69, 9.17) is 4.74 Å². The van der Waals surface area contributed by atoms with Crippen molar-refractivity contribution in [2.75, 3.05) is 43.4 Å². The van der Waals surface area contributed by atoms with E-state index in [0.717, 1.165) is 37.7 Å². The molecule has 20 heavy (non-hydrogen) atoms. The first kappa shape index (κ1) is 13.6. The third kappa shape index (κ3) is 3.22. The highest BCUT2D eigenvalue weighted by Crippen LogP contribution is 2.22. The highest BCUT2D eigenvalue weighted by molar-refractivity contribution is 5.51. The molecule has 5 heteroatoms. The smallest absolute Gasteiger partial charge is 0.127 e. The molecule has 0 radical (unpaired) electrons. The van der Waals surface area contributed by atoms with Crippen LogP contribution in [0, 0.1) is 0 Å². The van der Waals surface area contributed by atoms with Crippen LogP contribution in [0.5, 0.6) is 0 Å². The van der Waals surface area contributed by atoms with Gasteiger partial charge in [-0.1, -0.05) is 0 Å². The van der Waals surface area contributed by atoms with Crippen molar-refractivity contribution in [2.45, 2.75) is 31.9 Å². The number of morpholine rings is 1. The number of anilines is 2. The predicted molar refractivity (Wildman–Crippen MR) is 81.2 cm³/mol. The molecule has 2 aliphatic rings. The largest absolute Gasteiger partial charge is 0.382 e. The topological polar surface area (TPSA) is 49.4 Å². The van der Waals surface area contributed by atoms with Crippen molar-refractivity contribution in [1.29, 1.82) is 0 Å². The van der Waals surface area contributed by atoms with Gasteiger partial charge < -0.3 is 15.4 Å². The number of rotatable bonds is 5. The molecular formula is C15H24N4O. The van der Waals surface area contributed by atoms with Gasteiger partial charge >= 0.3 is 0 Å². The fourth-order valence-corrected chi connectivity index (χ4v) is 3.06. The fourth-order valence-electron chi connectivity index (χ4n) is 3.06. The summed E-state index contributed by atoms with van der Waals surface area (Å²) in [6.07, 6.45) is 4.75. The normalized spacial score (nSPS) is 26.2. The number of pyridine rings is 1. The van der Waals surface area contributed by atoms with Crippen molar-refractivity contribution >= 4 is 11.5 Å². The zero-order valence-corrected chi connectivity index (χ0v) is 12.1. The lowest BCUT2D eigenvalue weighted by Gasteiger charge is -2.35. The monoisotopic (exact) mass is 276 g/mol. The Morgan fingerprint density at radius 1 is 1.45 bits per heavy atom. The van der Waals surface area contributed by atoms with Gasteiger partial charge in [0.2, 0.25) is 0 Å². The quantitative estimate of drug-likeness (QED) is 0.858. The van der Waals surface area contributed by atoms with Gasteiger partial charge in [0, 0.05) is 43.6 Å². The Morgan fingerprint density at radius 3 is 3.30 bits per heavy atom. The van der Waals surface area contributed by atoms with Crippen LogP contribution in [0.2, 0.25) is 0 Å². The number of ether oxygens (including phenoxy) is 1. The number of nitrogens with one attached hydrogen (secondary N) is 2. The summed E-state index contributed by atoms with van der Waals surface area (Å²) in [4.78, 5) is 6.85. The van der Waals surface area contributed by atoms with Crippen molar-refractivity contribution in [1.82, 2.24) is 9.88 Å². The van der Waals surface area contributed by atoms with Gasteiger partial charge in [-0.2, -0.15) is 0 Å². The summed E-state index contributed by atoms with van der Waals surface area (Å²) in [5.41, 5.74) is 1.10. The maximum absolute atomic E-state index is 5.96. The van der Waals surface area contributed by atoms with E-state index in [9.17, 15) is 0 Å². The molecule has 0 aliphatic carbocycles. The average Bonchev–Trinajstić information content (AvgIpc) is 2.93. The maximum Gasteiger partial charge on any atom is 0.127 e. The minimum absolute atomic E-state index is 0.292. The SMILES string of the molecule is CCNc1cc(NCC2CN3CCCC3CO2)ccn1. The Bertz CT molecular complexity index is 440. The van der Waals surface area contributed by atoms with E-state index >= 15 is 0 Å². The van der Waals surface area contributed by atoms with E-state index in [0.29, 0.717) is 12.1 Å². The van der Waals surface area contributed by atoms with E-state index in [1.807, 2.05) is 18.3 Å². The van der Waals surface area contributed by atoms with E-state index < -0.39 is 0 Å². The van der Waals surface area contributed by atoms with Gasteiger partial charge in [-0.05, 0) is 32.4 Å². The number of nitrogens with zero attached hydrogens (tertiary/aromatic N) is 2. The molecule has 0 bridgehead atoms. The lowest BCUT2D eigenvalue weighted by atomic mass is 10.2. The Kier molecular flexibility index (Phi) is 4.38. The van der Waals surface area contributed by atoms with Gasteiger partial charge in [-0.15, -0.1) is 0 Å². The Balaban J connectivity index is 1.50. The minimum atomic E-state index is 0.292. The fraction of sp³-hybridized carbons (Fsp3) is 0.667. The van der Waals surface area contributed by atoms with Crippen LogP contribution >= 0.6 is 0 Å². The summed E-state index contributed by atoms with van der Waals surface area (Å²) in [7, 11) is 0. The molecule has 2 aliphatic heterocycles. The predicted octanol–water partition coefficient (Wildman–Crippen LogP) is 1.79. The first-order valence-electron chi connectivity index (χ1n) is 7.64. The van der Waals surface area contributed by atoms with Gasteiger partial charge in [0.1, 0.15) is 5.82 Å². The highest BCUT2D eigenvalue weighted by atomic mass is 16.5. The van der Waals surface area contributed by atoms with Crippen LogP contribution in [0.1, 0.15) is 19.8 Å². The molecule has 3 heterocycles. The summed E-state index contributed by atoms with van der Waals surface area (Å²) in [6, 6.07) is 4.72. The van der Waals surface area contributed by atoms with Crippen LogP contribution in [0.4, 0.5) is 11.5 Å². The number of aromatic nitrogens is 1. The Hall–Kier alpha value is -1.33. The van der Waals surface area contributed by atoms with Gasteiger partial charge in [0.25, 0.3) is 0 Å². The molecule has 1 aromatic heterocycles. The molecule has 2 unspecified atom stereocenters. The zero-order valence-electron chi connectivity index (χ0n) is 12.1. The second-order valence-corrected chi connectivity index (χ2v) is 5.59. The van der Waals surface area contributed by atoms with Crippen LogP contribution in [0.3, 0.4) is 0 Å². The molecule has 2 saturated heterocycles. The molecule has 0 saturated carbocycles. The molecule has 1 aromatic rings. The molecule has 2 fully saturated rings. The van der Waals surface area contributed by atoms with Crippen LogP contribution in [-0.4, -0.2) is 54.8 Å². The number of fused-ring (bicyclic) bond motifs is 1. The van der Waals surface area contributed by atoms with Crippen molar-refractivity contribution in [2.24, 2.45) is 0 Å². The van der Waals surface area contributed by atoms with Gasteiger partial charge in [0.15, 0.2) is 0 Å². The first-order chi connectivity index (χ1) is 9.85. The van der Waals surface area contributed by atoms with Crippen molar-refractivity contribution in [3.8, 4) is 0 Å². The van der Waals surface area contributed by atoms with E-state index in [-0.39, 0.29) is 0 Å². The molecule has 0 amide bonds. The standard InChI is InChI=1S/C15H24N4O/c1-2-16-15-8-12(5-6-17-15)18-9-14-10-19-7-3-4-13(19)11-20-14/h5-6,8,13-14H,2-4,7,9-11H2,1H3,(H2,16,17,18). The Labute approximate surface area is 120 Å².